The number of nitrogens with zero attached hydrogens (tertiary/aromatic N) is 4. The lowest BCUT2D eigenvalue weighted by Gasteiger charge is -2.12. The number of methoxy groups -OCH3 is 1. The summed E-state index contributed by atoms with van der Waals surface area (Å²) in [7, 11) is 1.52. The van der Waals surface area contributed by atoms with Crippen molar-refractivity contribution < 1.29 is 19.0 Å². The Labute approximate surface area is 149 Å². The van der Waals surface area contributed by atoms with Crippen molar-refractivity contribution in [2.75, 3.05) is 7.11 Å². The molecule has 3 aromatic rings. The number of halogens is 1. The highest BCUT2D eigenvalue weighted by molar-refractivity contribution is 5.90. The molecule has 1 atom stereocenters. The quantitative estimate of drug-likeness (QED) is 0.755. The zero-order valence-electron chi connectivity index (χ0n) is 14.5. The van der Waals surface area contributed by atoms with Crippen LogP contribution >= 0.6 is 0 Å². The number of ether oxygens (including phenoxy) is 1. The summed E-state index contributed by atoms with van der Waals surface area (Å²) in [4.78, 5) is 11.5. The lowest BCUT2D eigenvalue weighted by molar-refractivity contribution is 0.0697. The number of carboxylic acid groups (broad SMARTS) is 1. The molecule has 26 heavy (non-hydrogen) atoms. The monoisotopic (exact) mass is 356 g/mol. The molecule has 1 unspecified atom stereocenters. The van der Waals surface area contributed by atoms with Gasteiger partial charge in [-0.15, -0.1) is 5.10 Å². The highest BCUT2D eigenvalue weighted by Gasteiger charge is 2.18. The van der Waals surface area contributed by atoms with Crippen LogP contribution in [0, 0.1) is 12.7 Å². The lowest BCUT2D eigenvalue weighted by Crippen LogP contribution is -2.09. The molecule has 0 aliphatic rings. The Bertz CT molecular complexity index is 971. The van der Waals surface area contributed by atoms with Gasteiger partial charge in [0.15, 0.2) is 5.82 Å². The van der Waals surface area contributed by atoms with Crippen molar-refractivity contribution in [3.63, 3.8) is 0 Å². The summed E-state index contributed by atoms with van der Waals surface area (Å²) in [5.41, 5.74) is 1.91. The zero-order valence-corrected chi connectivity index (χ0v) is 14.5. The van der Waals surface area contributed by atoms with E-state index in [2.05, 4.69) is 15.5 Å². The number of aromatic carboxylic acids is 1. The molecular weight excluding hydrogens is 339 g/mol. The van der Waals surface area contributed by atoms with Gasteiger partial charge in [0.2, 0.25) is 0 Å². The lowest BCUT2D eigenvalue weighted by atomic mass is 10.00. The van der Waals surface area contributed by atoms with E-state index >= 15 is 0 Å². The Kier molecular flexibility index (Phi) is 4.77. The molecule has 8 heteroatoms. The van der Waals surface area contributed by atoms with Gasteiger partial charge in [0.25, 0.3) is 0 Å². The van der Waals surface area contributed by atoms with Crippen molar-refractivity contribution in [3.05, 3.63) is 59.2 Å². The highest BCUT2D eigenvalue weighted by Crippen LogP contribution is 2.28. The van der Waals surface area contributed by atoms with E-state index in [0.29, 0.717) is 22.6 Å². The Morgan fingerprint density at radius 2 is 2.04 bits per heavy atom. The number of aryl methyl sites for hydroxylation is 1. The van der Waals surface area contributed by atoms with Crippen LogP contribution < -0.4 is 0 Å². The molecule has 0 bridgehead atoms. The molecule has 3 rings (SSSR count). The van der Waals surface area contributed by atoms with Crippen molar-refractivity contribution in [2.24, 2.45) is 0 Å². The van der Waals surface area contributed by atoms with Crippen LogP contribution in [0.5, 0.6) is 0 Å². The summed E-state index contributed by atoms with van der Waals surface area (Å²) in [6, 6.07) is 9.28. The van der Waals surface area contributed by atoms with Crippen molar-refractivity contribution in [1.82, 2.24) is 20.2 Å². The third kappa shape index (κ3) is 3.31. The number of aromatic nitrogens is 4. The fourth-order valence-corrected chi connectivity index (χ4v) is 2.60. The molecule has 134 valence electrons. The molecule has 0 fully saturated rings. The van der Waals surface area contributed by atoms with Crippen LogP contribution in [0.1, 0.15) is 34.8 Å². The van der Waals surface area contributed by atoms with Gasteiger partial charge in [-0.05, 0) is 59.7 Å². The minimum absolute atomic E-state index is 0.00370. The molecule has 0 saturated carbocycles. The summed E-state index contributed by atoms with van der Waals surface area (Å²) in [6.07, 6.45) is -0.405. The third-order valence-corrected chi connectivity index (χ3v) is 4.06. The molecule has 1 heterocycles. The van der Waals surface area contributed by atoms with Crippen LogP contribution in [0.4, 0.5) is 4.39 Å². The van der Waals surface area contributed by atoms with Gasteiger partial charge < -0.3 is 9.84 Å². The first-order chi connectivity index (χ1) is 12.4. The molecule has 7 nitrogen and oxygen atoms in total. The minimum atomic E-state index is -1.13. The molecule has 0 aliphatic carbocycles. The van der Waals surface area contributed by atoms with E-state index in [9.17, 15) is 14.3 Å². The van der Waals surface area contributed by atoms with E-state index in [1.54, 1.807) is 32.0 Å². The first kappa shape index (κ1) is 17.7. The molecule has 0 aliphatic heterocycles. The zero-order chi connectivity index (χ0) is 18.8. The summed E-state index contributed by atoms with van der Waals surface area (Å²) in [6.45, 7) is 3.55. The van der Waals surface area contributed by atoms with Crippen molar-refractivity contribution in [1.29, 1.82) is 0 Å². The van der Waals surface area contributed by atoms with E-state index in [-0.39, 0.29) is 5.56 Å². The molecule has 0 amide bonds. The van der Waals surface area contributed by atoms with E-state index < -0.39 is 17.9 Å². The van der Waals surface area contributed by atoms with Crippen LogP contribution in [-0.2, 0) is 4.74 Å². The van der Waals surface area contributed by atoms with Crippen LogP contribution in [0.2, 0.25) is 0 Å². The van der Waals surface area contributed by atoms with Crippen LogP contribution in [0.3, 0.4) is 0 Å². The van der Waals surface area contributed by atoms with Crippen LogP contribution in [0.25, 0.3) is 16.8 Å². The Balaban J connectivity index is 2.20. The molecule has 0 spiro atoms. The van der Waals surface area contributed by atoms with Gasteiger partial charge in [-0.2, -0.15) is 4.68 Å². The first-order valence-electron chi connectivity index (χ1n) is 7.87. The predicted molar refractivity (Wildman–Crippen MR) is 91.7 cm³/mol. The minimum Gasteiger partial charge on any atom is -0.478 e. The Hall–Kier alpha value is -3.13. The van der Waals surface area contributed by atoms with Gasteiger partial charge >= 0.3 is 5.97 Å². The van der Waals surface area contributed by atoms with Gasteiger partial charge in [0.05, 0.1) is 11.3 Å². The molecule has 1 N–H and O–H groups in total. The highest BCUT2D eigenvalue weighted by atomic mass is 19.1. The summed E-state index contributed by atoms with van der Waals surface area (Å²) in [5.74, 6) is -1.15. The van der Waals surface area contributed by atoms with Gasteiger partial charge in [-0.25, -0.2) is 9.18 Å². The number of hydrogen-bond donors (Lipinski definition) is 1. The average Bonchev–Trinajstić information content (AvgIpc) is 3.10. The molecule has 1 aromatic heterocycles. The van der Waals surface area contributed by atoms with Gasteiger partial charge in [-0.1, -0.05) is 12.1 Å². The Morgan fingerprint density at radius 3 is 2.69 bits per heavy atom. The second-order valence-corrected chi connectivity index (χ2v) is 5.88. The number of carboxylic acids is 1. The van der Waals surface area contributed by atoms with E-state index in [1.165, 1.54) is 30.0 Å². The largest absolute Gasteiger partial charge is 0.478 e. The maximum atomic E-state index is 14.4. The number of benzene rings is 2. The first-order valence-corrected chi connectivity index (χ1v) is 7.87. The van der Waals surface area contributed by atoms with Crippen molar-refractivity contribution in [3.8, 4) is 16.8 Å². The molecular formula is C18H17FN4O3. The van der Waals surface area contributed by atoms with E-state index in [4.69, 9.17) is 4.74 Å². The van der Waals surface area contributed by atoms with Crippen LogP contribution in [0.15, 0.2) is 36.4 Å². The van der Waals surface area contributed by atoms with Crippen molar-refractivity contribution in [2.45, 2.75) is 20.0 Å². The number of tetrazole rings is 1. The van der Waals surface area contributed by atoms with E-state index in [1.807, 2.05) is 0 Å². The smallest absolute Gasteiger partial charge is 0.335 e. The third-order valence-electron chi connectivity index (χ3n) is 4.06. The topological polar surface area (TPSA) is 90.1 Å². The normalized spacial score (nSPS) is 12.2. The van der Waals surface area contributed by atoms with Gasteiger partial charge in [0.1, 0.15) is 11.9 Å². The van der Waals surface area contributed by atoms with Crippen LogP contribution in [-0.4, -0.2) is 38.4 Å². The fraction of sp³-hybridized carbons (Fsp3) is 0.222. The standard InChI is InChI=1S/C18H17FN4O3/c1-10-4-5-15(16(19)6-10)12-7-13(18(24)25)9-14(8-12)23-17(11(2)26-3)20-21-22-23/h4-9,11H,1-3H3,(H,24,25). The summed E-state index contributed by atoms with van der Waals surface area (Å²) >= 11 is 0. The SMILES string of the molecule is COC(C)c1nnnn1-c1cc(C(=O)O)cc(-c2ccc(C)cc2F)c1. The maximum absolute atomic E-state index is 14.4. The fourth-order valence-electron chi connectivity index (χ4n) is 2.60. The number of carbonyl (C=O) groups is 1. The molecule has 0 saturated heterocycles. The van der Waals surface area contributed by atoms with Crippen molar-refractivity contribution >= 4 is 5.97 Å². The summed E-state index contributed by atoms with van der Waals surface area (Å²) < 4.78 is 21.0. The van der Waals surface area contributed by atoms with Gasteiger partial charge in [-0.3, -0.25) is 0 Å². The maximum Gasteiger partial charge on any atom is 0.335 e. The second-order valence-electron chi connectivity index (χ2n) is 5.88. The number of hydrogen-bond acceptors (Lipinski definition) is 5. The predicted octanol–water partition coefficient (Wildman–Crippen LogP) is 3.18. The molecule has 0 radical (unpaired) electrons. The summed E-state index contributed by atoms with van der Waals surface area (Å²) in [5, 5.41) is 20.9. The Morgan fingerprint density at radius 1 is 1.27 bits per heavy atom. The van der Waals surface area contributed by atoms with E-state index in [0.717, 1.165) is 5.56 Å². The van der Waals surface area contributed by atoms with Gasteiger partial charge in [0, 0.05) is 12.7 Å². The average molecular weight is 356 g/mol. The second kappa shape index (κ2) is 7.01. The number of rotatable bonds is 5. The molecule has 2 aromatic carbocycles.